The average Bonchev–Trinajstić information content (AvgIpc) is 2.58. The highest BCUT2D eigenvalue weighted by Gasteiger charge is 2.32. The van der Waals surface area contributed by atoms with Crippen LogP contribution in [0.3, 0.4) is 0 Å². The summed E-state index contributed by atoms with van der Waals surface area (Å²) in [5.74, 6) is 1.03. The molecule has 24 heavy (non-hydrogen) atoms. The van der Waals surface area contributed by atoms with Gasteiger partial charge in [0, 0.05) is 13.1 Å². The van der Waals surface area contributed by atoms with E-state index in [2.05, 4.69) is 5.32 Å². The normalized spacial score (nSPS) is 21.4. The van der Waals surface area contributed by atoms with Gasteiger partial charge in [0.1, 0.15) is 5.82 Å². The first kappa shape index (κ1) is 19.6. The number of hydrogen-bond acceptors (Lipinski definition) is 3. The van der Waals surface area contributed by atoms with Crippen molar-refractivity contribution in [1.29, 1.82) is 0 Å². The molecule has 0 aliphatic carbocycles. The summed E-state index contributed by atoms with van der Waals surface area (Å²) in [6.07, 6.45) is 4.36. The number of sulfonamides is 1. The summed E-state index contributed by atoms with van der Waals surface area (Å²) in [7, 11) is -3.30. The van der Waals surface area contributed by atoms with E-state index in [4.69, 9.17) is 0 Å². The van der Waals surface area contributed by atoms with Crippen LogP contribution in [-0.2, 0) is 15.8 Å². The fourth-order valence-corrected chi connectivity index (χ4v) is 5.39. The highest BCUT2D eigenvalue weighted by atomic mass is 35.5. The Balaban J connectivity index is 0.00000208. The van der Waals surface area contributed by atoms with Gasteiger partial charge in [-0.15, -0.1) is 12.4 Å². The second-order valence-corrected chi connectivity index (χ2v) is 8.68. The van der Waals surface area contributed by atoms with Crippen molar-refractivity contribution in [1.82, 2.24) is 9.62 Å². The molecular weight excluding hydrogens is 351 g/mol. The molecule has 2 aliphatic heterocycles. The maximum absolute atomic E-state index is 12.9. The van der Waals surface area contributed by atoms with E-state index in [1.807, 2.05) is 0 Å². The van der Waals surface area contributed by atoms with Crippen LogP contribution in [0.4, 0.5) is 4.39 Å². The standard InChI is InChI=1S/C17H25FN2O2S.ClH/c18-17-3-1-14(2-4-17)13-23(21,22)20-11-7-16(8-12-20)15-5-9-19-10-6-15;/h1-4,15-16,19H,5-13H2;1H. The zero-order chi connectivity index (χ0) is 16.3. The fraction of sp³-hybridized carbons (Fsp3) is 0.647. The van der Waals surface area contributed by atoms with E-state index >= 15 is 0 Å². The molecule has 0 saturated carbocycles. The van der Waals surface area contributed by atoms with Crippen molar-refractivity contribution in [2.24, 2.45) is 11.8 Å². The third-order valence-electron chi connectivity index (χ3n) is 5.20. The Kier molecular flexibility index (Phi) is 7.04. The van der Waals surface area contributed by atoms with Crippen molar-refractivity contribution in [2.75, 3.05) is 26.2 Å². The predicted molar refractivity (Wildman–Crippen MR) is 96.2 cm³/mol. The molecule has 7 heteroatoms. The maximum atomic E-state index is 12.9. The molecule has 3 rings (SSSR count). The molecule has 0 aromatic heterocycles. The lowest BCUT2D eigenvalue weighted by Crippen LogP contribution is -2.42. The molecule has 2 aliphatic rings. The van der Waals surface area contributed by atoms with Crippen LogP contribution >= 0.6 is 12.4 Å². The molecule has 0 spiro atoms. The number of halogens is 2. The Morgan fingerprint density at radius 3 is 2.12 bits per heavy atom. The lowest BCUT2D eigenvalue weighted by Gasteiger charge is -2.37. The minimum Gasteiger partial charge on any atom is -0.317 e. The zero-order valence-electron chi connectivity index (χ0n) is 13.8. The quantitative estimate of drug-likeness (QED) is 0.879. The molecule has 1 N–H and O–H groups in total. The topological polar surface area (TPSA) is 49.4 Å². The summed E-state index contributed by atoms with van der Waals surface area (Å²) < 4.78 is 39.6. The van der Waals surface area contributed by atoms with Gasteiger partial charge in [0.25, 0.3) is 0 Å². The number of nitrogens with one attached hydrogen (secondary N) is 1. The molecule has 0 unspecified atom stereocenters. The molecule has 2 fully saturated rings. The summed E-state index contributed by atoms with van der Waals surface area (Å²) in [5, 5.41) is 3.39. The van der Waals surface area contributed by atoms with Crippen molar-refractivity contribution in [3.05, 3.63) is 35.6 Å². The van der Waals surface area contributed by atoms with Gasteiger partial charge < -0.3 is 5.32 Å². The Labute approximate surface area is 150 Å². The third-order valence-corrected chi connectivity index (χ3v) is 7.05. The van der Waals surface area contributed by atoms with Crippen LogP contribution in [0, 0.1) is 17.7 Å². The molecule has 2 heterocycles. The van der Waals surface area contributed by atoms with E-state index < -0.39 is 10.0 Å². The molecule has 0 radical (unpaired) electrons. The lowest BCUT2D eigenvalue weighted by molar-refractivity contribution is 0.176. The molecule has 136 valence electrons. The first-order valence-corrected chi connectivity index (χ1v) is 10.1. The van der Waals surface area contributed by atoms with Gasteiger partial charge in [-0.3, -0.25) is 0 Å². The van der Waals surface area contributed by atoms with Gasteiger partial charge in [-0.25, -0.2) is 17.1 Å². The molecule has 0 atom stereocenters. The predicted octanol–water partition coefficient (Wildman–Crippen LogP) is 2.79. The average molecular weight is 377 g/mol. The van der Waals surface area contributed by atoms with Crippen LogP contribution in [0.15, 0.2) is 24.3 Å². The molecular formula is C17H26ClFN2O2S. The maximum Gasteiger partial charge on any atom is 0.218 e. The summed E-state index contributed by atoms with van der Waals surface area (Å²) in [6, 6.07) is 5.73. The Morgan fingerprint density at radius 2 is 1.54 bits per heavy atom. The van der Waals surface area contributed by atoms with E-state index in [0.717, 1.165) is 31.8 Å². The number of benzene rings is 1. The smallest absolute Gasteiger partial charge is 0.218 e. The van der Waals surface area contributed by atoms with Crippen molar-refractivity contribution >= 4 is 22.4 Å². The molecule has 2 saturated heterocycles. The Bertz CT molecular complexity index is 610. The van der Waals surface area contributed by atoms with Crippen LogP contribution in [0.25, 0.3) is 0 Å². The van der Waals surface area contributed by atoms with Crippen molar-refractivity contribution < 1.29 is 12.8 Å². The summed E-state index contributed by atoms with van der Waals surface area (Å²) in [6.45, 7) is 3.43. The van der Waals surface area contributed by atoms with Crippen LogP contribution < -0.4 is 5.32 Å². The molecule has 4 nitrogen and oxygen atoms in total. The van der Waals surface area contributed by atoms with Crippen molar-refractivity contribution in [3.8, 4) is 0 Å². The van der Waals surface area contributed by atoms with Gasteiger partial charge in [0.15, 0.2) is 0 Å². The summed E-state index contributed by atoms with van der Waals surface area (Å²) >= 11 is 0. The van der Waals surface area contributed by atoms with Crippen LogP contribution in [0.1, 0.15) is 31.2 Å². The van der Waals surface area contributed by atoms with E-state index in [9.17, 15) is 12.8 Å². The largest absolute Gasteiger partial charge is 0.317 e. The van der Waals surface area contributed by atoms with Crippen molar-refractivity contribution in [3.63, 3.8) is 0 Å². The highest BCUT2D eigenvalue weighted by molar-refractivity contribution is 7.88. The first-order chi connectivity index (χ1) is 11.0. The summed E-state index contributed by atoms with van der Waals surface area (Å²) in [4.78, 5) is 0. The van der Waals surface area contributed by atoms with Crippen LogP contribution in [0.2, 0.25) is 0 Å². The number of piperidine rings is 2. The Morgan fingerprint density at radius 1 is 1.00 bits per heavy atom. The first-order valence-electron chi connectivity index (χ1n) is 8.47. The van der Waals surface area contributed by atoms with Gasteiger partial charge >= 0.3 is 0 Å². The molecule has 1 aromatic carbocycles. The zero-order valence-corrected chi connectivity index (χ0v) is 15.4. The molecule has 0 bridgehead atoms. The van der Waals surface area contributed by atoms with Gasteiger partial charge in [-0.05, 0) is 68.3 Å². The van der Waals surface area contributed by atoms with Gasteiger partial charge in [0.2, 0.25) is 10.0 Å². The number of rotatable bonds is 4. The minimum absolute atomic E-state index is 0. The van der Waals surface area contributed by atoms with Gasteiger partial charge in [0.05, 0.1) is 5.75 Å². The van der Waals surface area contributed by atoms with Crippen LogP contribution in [0.5, 0.6) is 0 Å². The third kappa shape index (κ3) is 4.91. The van der Waals surface area contributed by atoms with E-state index in [1.165, 1.54) is 25.0 Å². The lowest BCUT2D eigenvalue weighted by atomic mass is 9.79. The summed E-state index contributed by atoms with van der Waals surface area (Å²) in [5.41, 5.74) is 0.645. The van der Waals surface area contributed by atoms with Crippen LogP contribution in [-0.4, -0.2) is 38.9 Å². The molecule has 0 amide bonds. The fourth-order valence-electron chi connectivity index (χ4n) is 3.82. The van der Waals surface area contributed by atoms with Gasteiger partial charge in [-0.1, -0.05) is 12.1 Å². The van der Waals surface area contributed by atoms with E-state index in [1.54, 1.807) is 16.4 Å². The highest BCUT2D eigenvalue weighted by Crippen LogP contribution is 2.32. The SMILES string of the molecule is Cl.O=S(=O)(Cc1ccc(F)cc1)N1CCC(C2CCNCC2)CC1. The second-order valence-electron chi connectivity index (χ2n) is 6.71. The Hall–Kier alpha value is -0.690. The van der Waals surface area contributed by atoms with E-state index in [-0.39, 0.29) is 24.0 Å². The second kappa shape index (κ2) is 8.61. The van der Waals surface area contributed by atoms with Crippen molar-refractivity contribution in [2.45, 2.75) is 31.4 Å². The minimum atomic E-state index is -3.30. The van der Waals surface area contributed by atoms with E-state index in [0.29, 0.717) is 24.6 Å². The monoisotopic (exact) mass is 376 g/mol. The molecule has 1 aromatic rings. The van der Waals surface area contributed by atoms with Gasteiger partial charge in [-0.2, -0.15) is 0 Å². The number of hydrogen-bond donors (Lipinski definition) is 1. The number of nitrogens with zero attached hydrogens (tertiary/aromatic N) is 1.